The first-order valence-electron chi connectivity index (χ1n) is 7.46. The molecule has 2 aromatic carbocycles. The van der Waals surface area contributed by atoms with Crippen molar-refractivity contribution in [3.8, 4) is 5.75 Å². The van der Waals surface area contributed by atoms with Gasteiger partial charge in [0.05, 0.1) is 5.02 Å². The summed E-state index contributed by atoms with van der Waals surface area (Å²) in [5.74, 6) is -0.690. The number of hydrogen-bond donors (Lipinski definition) is 2. The highest BCUT2D eigenvalue weighted by molar-refractivity contribution is 6.32. The molecule has 24 heavy (non-hydrogen) atoms. The lowest BCUT2D eigenvalue weighted by molar-refractivity contribution is -0.131. The monoisotopic (exact) mass is 346 g/mol. The van der Waals surface area contributed by atoms with Crippen LogP contribution in [0.15, 0.2) is 48.5 Å². The fraction of sp³-hybridized carbons (Fsp3) is 0.222. The van der Waals surface area contributed by atoms with E-state index in [4.69, 9.17) is 22.1 Å². The van der Waals surface area contributed by atoms with Crippen LogP contribution in [0, 0.1) is 6.92 Å². The first kappa shape index (κ1) is 17.8. The van der Waals surface area contributed by atoms with Crippen LogP contribution in [0.25, 0.3) is 0 Å². The number of ether oxygens (including phenoxy) is 1. The van der Waals surface area contributed by atoms with Crippen molar-refractivity contribution >= 4 is 23.4 Å². The number of amides is 2. The second-order valence-electron chi connectivity index (χ2n) is 5.45. The van der Waals surface area contributed by atoms with Gasteiger partial charge >= 0.3 is 0 Å². The van der Waals surface area contributed by atoms with Gasteiger partial charge < -0.3 is 15.8 Å². The maximum atomic E-state index is 12.3. The minimum atomic E-state index is -0.919. The fourth-order valence-electron chi connectivity index (χ4n) is 2.17. The molecule has 0 aromatic heterocycles. The summed E-state index contributed by atoms with van der Waals surface area (Å²) in [6.07, 6.45) is -0.838. The molecule has 0 saturated heterocycles. The first-order chi connectivity index (χ1) is 11.4. The number of hydrogen-bond acceptors (Lipinski definition) is 3. The minimum absolute atomic E-state index is 0.412. The van der Waals surface area contributed by atoms with Gasteiger partial charge in [0.15, 0.2) is 6.10 Å². The Kier molecular flexibility index (Phi) is 5.82. The number of benzene rings is 2. The molecule has 0 radical (unpaired) electrons. The highest BCUT2D eigenvalue weighted by Gasteiger charge is 2.24. The van der Waals surface area contributed by atoms with E-state index in [-0.39, 0.29) is 0 Å². The lowest BCUT2D eigenvalue weighted by Crippen LogP contribution is -2.43. The smallest absolute Gasteiger partial charge is 0.261 e. The number of nitrogens with two attached hydrogens (primary N) is 1. The van der Waals surface area contributed by atoms with Crippen molar-refractivity contribution in [1.29, 1.82) is 0 Å². The van der Waals surface area contributed by atoms with Gasteiger partial charge in [0.2, 0.25) is 5.91 Å². The summed E-state index contributed by atoms with van der Waals surface area (Å²) in [5.41, 5.74) is 6.97. The Morgan fingerprint density at radius 2 is 1.83 bits per heavy atom. The molecule has 2 rings (SSSR count). The van der Waals surface area contributed by atoms with E-state index >= 15 is 0 Å². The van der Waals surface area contributed by atoms with Crippen LogP contribution in [-0.2, 0) is 9.59 Å². The van der Waals surface area contributed by atoms with Crippen LogP contribution >= 0.6 is 11.6 Å². The average molecular weight is 347 g/mol. The molecule has 2 atom stereocenters. The van der Waals surface area contributed by atoms with E-state index in [1.54, 1.807) is 43.3 Å². The molecule has 0 spiro atoms. The maximum absolute atomic E-state index is 12.3. The van der Waals surface area contributed by atoms with E-state index in [1.165, 1.54) is 0 Å². The summed E-state index contributed by atoms with van der Waals surface area (Å²) < 4.78 is 5.61. The average Bonchev–Trinajstić information content (AvgIpc) is 2.56. The minimum Gasteiger partial charge on any atom is -0.479 e. The molecule has 2 amide bonds. The number of rotatable bonds is 6. The Bertz CT molecular complexity index is 734. The second kappa shape index (κ2) is 7.84. The van der Waals surface area contributed by atoms with Crippen LogP contribution in [0.3, 0.4) is 0 Å². The van der Waals surface area contributed by atoms with Crippen molar-refractivity contribution in [3.63, 3.8) is 0 Å². The molecule has 3 N–H and O–H groups in total. The van der Waals surface area contributed by atoms with Crippen LogP contribution < -0.4 is 15.8 Å². The second-order valence-corrected chi connectivity index (χ2v) is 5.86. The molecular weight excluding hydrogens is 328 g/mol. The predicted molar refractivity (Wildman–Crippen MR) is 92.8 cm³/mol. The van der Waals surface area contributed by atoms with Gasteiger partial charge in [-0.1, -0.05) is 48.0 Å². The quantitative estimate of drug-likeness (QED) is 0.843. The molecule has 0 saturated carbocycles. The Morgan fingerprint density at radius 1 is 1.17 bits per heavy atom. The summed E-state index contributed by atoms with van der Waals surface area (Å²) in [4.78, 5) is 24.0. The Hall–Kier alpha value is -2.53. The number of carbonyl (C=O) groups excluding carboxylic acids is 2. The molecule has 2 aromatic rings. The summed E-state index contributed by atoms with van der Waals surface area (Å²) in [6, 6.07) is 13.2. The molecule has 0 aliphatic heterocycles. The van der Waals surface area contributed by atoms with E-state index < -0.39 is 24.0 Å². The van der Waals surface area contributed by atoms with Crippen LogP contribution in [-0.4, -0.2) is 17.9 Å². The van der Waals surface area contributed by atoms with Gasteiger partial charge in [-0.25, -0.2) is 0 Å². The predicted octanol–water partition coefficient (Wildman–Crippen LogP) is 2.76. The van der Waals surface area contributed by atoms with Crippen LogP contribution in [0.2, 0.25) is 5.02 Å². The van der Waals surface area contributed by atoms with Crippen LogP contribution in [0.4, 0.5) is 0 Å². The molecule has 0 heterocycles. The van der Waals surface area contributed by atoms with Crippen LogP contribution in [0.5, 0.6) is 5.75 Å². The third kappa shape index (κ3) is 4.49. The van der Waals surface area contributed by atoms with E-state index in [0.717, 1.165) is 5.56 Å². The van der Waals surface area contributed by atoms with Gasteiger partial charge in [0.1, 0.15) is 11.8 Å². The number of halogens is 1. The molecule has 6 heteroatoms. The SMILES string of the molecule is Cc1ccc(Cl)c(O[C@H](C)C(=O)N[C@H](C(N)=O)c2ccccc2)c1. The van der Waals surface area contributed by atoms with E-state index in [1.807, 2.05) is 19.1 Å². The number of nitrogens with one attached hydrogen (secondary N) is 1. The zero-order valence-electron chi connectivity index (χ0n) is 13.5. The summed E-state index contributed by atoms with van der Waals surface area (Å²) >= 11 is 6.07. The van der Waals surface area contributed by atoms with Gasteiger partial charge in [-0.15, -0.1) is 0 Å². The van der Waals surface area contributed by atoms with Crippen molar-refractivity contribution in [2.24, 2.45) is 5.73 Å². The summed E-state index contributed by atoms with van der Waals surface area (Å²) in [7, 11) is 0. The third-order valence-electron chi connectivity index (χ3n) is 3.46. The first-order valence-corrected chi connectivity index (χ1v) is 7.83. The normalized spacial score (nSPS) is 13.0. The van der Waals surface area contributed by atoms with E-state index in [9.17, 15) is 9.59 Å². The number of carbonyl (C=O) groups is 2. The topological polar surface area (TPSA) is 81.4 Å². The standard InChI is InChI=1S/C18H19ClN2O3/c1-11-8-9-14(19)15(10-11)24-12(2)18(23)21-16(17(20)22)13-6-4-3-5-7-13/h3-10,12,16H,1-2H3,(H2,20,22)(H,21,23)/t12-,16+/m1/s1. The zero-order chi connectivity index (χ0) is 17.7. The van der Waals surface area contributed by atoms with Crippen molar-refractivity contribution in [2.45, 2.75) is 26.0 Å². The lowest BCUT2D eigenvalue weighted by Gasteiger charge is -2.20. The van der Waals surface area contributed by atoms with Gasteiger partial charge in [-0.05, 0) is 37.1 Å². The number of aryl methyl sites for hydroxylation is 1. The van der Waals surface area contributed by atoms with Crippen molar-refractivity contribution in [1.82, 2.24) is 5.32 Å². The van der Waals surface area contributed by atoms with Crippen molar-refractivity contribution < 1.29 is 14.3 Å². The maximum Gasteiger partial charge on any atom is 0.261 e. The Morgan fingerprint density at radius 3 is 2.46 bits per heavy atom. The molecule has 0 bridgehead atoms. The van der Waals surface area contributed by atoms with Crippen molar-refractivity contribution in [2.75, 3.05) is 0 Å². The highest BCUT2D eigenvalue weighted by Crippen LogP contribution is 2.26. The molecule has 0 aliphatic carbocycles. The fourth-order valence-corrected chi connectivity index (χ4v) is 2.33. The van der Waals surface area contributed by atoms with Gasteiger partial charge in [-0.2, -0.15) is 0 Å². The third-order valence-corrected chi connectivity index (χ3v) is 3.78. The summed E-state index contributed by atoms with van der Waals surface area (Å²) in [6.45, 7) is 3.48. The lowest BCUT2D eigenvalue weighted by atomic mass is 10.1. The van der Waals surface area contributed by atoms with Crippen molar-refractivity contribution in [3.05, 3.63) is 64.7 Å². The number of primary amides is 1. The molecule has 0 unspecified atom stereocenters. The van der Waals surface area contributed by atoms with Gasteiger partial charge in [-0.3, -0.25) is 9.59 Å². The largest absolute Gasteiger partial charge is 0.479 e. The molecule has 0 aliphatic rings. The summed E-state index contributed by atoms with van der Waals surface area (Å²) in [5, 5.41) is 3.02. The van der Waals surface area contributed by atoms with Gasteiger partial charge in [0.25, 0.3) is 5.91 Å². The molecular formula is C18H19ClN2O3. The van der Waals surface area contributed by atoms with E-state index in [2.05, 4.69) is 5.32 Å². The highest BCUT2D eigenvalue weighted by atomic mass is 35.5. The zero-order valence-corrected chi connectivity index (χ0v) is 14.2. The van der Waals surface area contributed by atoms with E-state index in [0.29, 0.717) is 16.3 Å². The Labute approximate surface area is 145 Å². The Balaban J connectivity index is 2.09. The van der Waals surface area contributed by atoms with Crippen LogP contribution in [0.1, 0.15) is 24.1 Å². The van der Waals surface area contributed by atoms with Gasteiger partial charge in [0, 0.05) is 0 Å². The molecule has 5 nitrogen and oxygen atoms in total. The molecule has 0 fully saturated rings. The molecule has 126 valence electrons.